The Morgan fingerprint density at radius 3 is 2.76 bits per heavy atom. The number of nitrogens with zero attached hydrogens (tertiary/aromatic N) is 4. The van der Waals surface area contributed by atoms with Gasteiger partial charge in [-0.05, 0) is 48.6 Å². The van der Waals surface area contributed by atoms with E-state index in [1.165, 1.54) is 0 Å². The molecule has 2 aromatic heterocycles. The highest BCUT2D eigenvalue weighted by Gasteiger charge is 2.22. The van der Waals surface area contributed by atoms with Crippen LogP contribution in [0.25, 0.3) is 0 Å². The van der Waals surface area contributed by atoms with Crippen LogP contribution in [0.5, 0.6) is 0 Å². The van der Waals surface area contributed by atoms with E-state index in [9.17, 15) is 4.79 Å². The average Bonchev–Trinajstić information content (AvgIpc) is 2.61. The summed E-state index contributed by atoms with van der Waals surface area (Å²) in [6, 6.07) is 9.22. The fourth-order valence-electron chi connectivity index (χ4n) is 3.04. The van der Waals surface area contributed by atoms with Gasteiger partial charge in [0.15, 0.2) is 0 Å². The summed E-state index contributed by atoms with van der Waals surface area (Å²) in [7, 11) is 0. The number of likely N-dealkylation sites (tertiary alicyclic amines) is 1. The van der Waals surface area contributed by atoms with E-state index in [0.717, 1.165) is 31.5 Å². The van der Waals surface area contributed by atoms with Crippen LogP contribution in [0.4, 0.5) is 11.6 Å². The first kappa shape index (κ1) is 17.2. The third-order valence-corrected chi connectivity index (χ3v) is 4.57. The topological polar surface area (TPSA) is 81.9 Å². The van der Waals surface area contributed by atoms with Gasteiger partial charge in [0.2, 0.25) is 5.91 Å². The highest BCUT2D eigenvalue weighted by molar-refractivity contribution is 6.29. The predicted molar refractivity (Wildman–Crippen MR) is 95.7 cm³/mol. The van der Waals surface area contributed by atoms with Crippen molar-refractivity contribution in [3.8, 4) is 6.07 Å². The molecule has 0 aromatic carbocycles. The summed E-state index contributed by atoms with van der Waals surface area (Å²) in [5, 5.41) is 12.5. The lowest BCUT2D eigenvalue weighted by atomic mass is 9.90. The second-order valence-corrected chi connectivity index (χ2v) is 6.44. The molecule has 1 aliphatic rings. The largest absolute Gasteiger partial charge is 0.343 e. The van der Waals surface area contributed by atoms with Crippen molar-refractivity contribution in [2.24, 2.45) is 0 Å². The summed E-state index contributed by atoms with van der Waals surface area (Å²) in [5.41, 5.74) is 1.62. The molecule has 0 unspecified atom stereocenters. The van der Waals surface area contributed by atoms with Gasteiger partial charge in [-0.25, -0.2) is 9.97 Å². The van der Waals surface area contributed by atoms with Gasteiger partial charge in [0, 0.05) is 26.2 Å². The predicted octanol–water partition coefficient (Wildman–Crippen LogP) is 3.47. The number of aromatic nitrogens is 2. The number of hydrogen-bond acceptors (Lipinski definition) is 5. The van der Waals surface area contributed by atoms with Crippen LogP contribution in [0.2, 0.25) is 5.15 Å². The second kappa shape index (κ2) is 7.49. The van der Waals surface area contributed by atoms with Crippen LogP contribution in [-0.2, 0) is 4.79 Å². The molecule has 0 spiro atoms. The summed E-state index contributed by atoms with van der Waals surface area (Å²) < 4.78 is 0. The number of nitrogens with one attached hydrogen (secondary N) is 1. The molecule has 2 aromatic rings. The van der Waals surface area contributed by atoms with Gasteiger partial charge in [-0.1, -0.05) is 11.6 Å². The number of carbonyl (C=O) groups is 1. The molecule has 0 atom stereocenters. The van der Waals surface area contributed by atoms with Crippen LogP contribution in [0.3, 0.4) is 0 Å². The minimum absolute atomic E-state index is 0.122. The fraction of sp³-hybridized carbons (Fsp3) is 0.333. The lowest BCUT2D eigenvalue weighted by Crippen LogP contribution is -2.36. The fourth-order valence-corrected chi connectivity index (χ4v) is 3.26. The van der Waals surface area contributed by atoms with Crippen molar-refractivity contribution in [3.63, 3.8) is 0 Å². The maximum atomic E-state index is 11.5. The van der Waals surface area contributed by atoms with Gasteiger partial charge < -0.3 is 10.2 Å². The van der Waals surface area contributed by atoms with E-state index in [4.69, 9.17) is 16.9 Å². The molecule has 0 aliphatic carbocycles. The van der Waals surface area contributed by atoms with Crippen LogP contribution >= 0.6 is 11.6 Å². The minimum Gasteiger partial charge on any atom is -0.343 e. The normalized spacial score (nSPS) is 14.8. The highest BCUT2D eigenvalue weighted by Crippen LogP contribution is 2.31. The third kappa shape index (κ3) is 4.25. The molecule has 0 bridgehead atoms. The number of pyridine rings is 2. The molecule has 1 saturated heterocycles. The van der Waals surface area contributed by atoms with E-state index in [2.05, 4.69) is 21.4 Å². The van der Waals surface area contributed by atoms with Crippen LogP contribution in [0.15, 0.2) is 30.5 Å². The Bertz CT molecular complexity index is 824. The minimum atomic E-state index is 0.122. The number of amides is 1. The molecule has 6 nitrogen and oxygen atoms in total. The quantitative estimate of drug-likeness (QED) is 0.852. The Morgan fingerprint density at radius 1 is 1.32 bits per heavy atom. The average molecular weight is 356 g/mol. The Labute approximate surface area is 151 Å². The molecule has 1 amide bonds. The molecule has 25 heavy (non-hydrogen) atoms. The summed E-state index contributed by atoms with van der Waals surface area (Å²) in [4.78, 5) is 21.8. The van der Waals surface area contributed by atoms with Crippen molar-refractivity contribution in [1.82, 2.24) is 14.9 Å². The second-order valence-electron chi connectivity index (χ2n) is 6.06. The molecule has 3 heterocycles. The number of hydrogen-bond donors (Lipinski definition) is 1. The van der Waals surface area contributed by atoms with Gasteiger partial charge in [0.05, 0.1) is 11.6 Å². The summed E-state index contributed by atoms with van der Waals surface area (Å²) in [5.74, 6) is 1.61. The molecule has 0 saturated carbocycles. The monoisotopic (exact) mass is 355 g/mol. The SMILES string of the molecule is CC(=O)N1CCC(c2cc(Cl)nc(Nc3cc(C#N)ccn3)c2)CC1. The smallest absolute Gasteiger partial charge is 0.219 e. The number of rotatable bonds is 3. The van der Waals surface area contributed by atoms with Crippen LogP contribution in [0, 0.1) is 11.3 Å². The van der Waals surface area contributed by atoms with E-state index in [0.29, 0.717) is 28.3 Å². The van der Waals surface area contributed by atoms with Crippen LogP contribution in [0.1, 0.15) is 36.8 Å². The van der Waals surface area contributed by atoms with Crippen molar-refractivity contribution in [2.75, 3.05) is 18.4 Å². The zero-order chi connectivity index (χ0) is 17.8. The van der Waals surface area contributed by atoms with Gasteiger partial charge in [-0.15, -0.1) is 0 Å². The lowest BCUT2D eigenvalue weighted by Gasteiger charge is -2.31. The number of nitriles is 1. The molecule has 3 rings (SSSR count). The van der Waals surface area contributed by atoms with Gasteiger partial charge in [0.25, 0.3) is 0 Å². The summed E-state index contributed by atoms with van der Waals surface area (Å²) in [6.45, 7) is 3.12. The third-order valence-electron chi connectivity index (χ3n) is 4.37. The van der Waals surface area contributed by atoms with E-state index in [1.807, 2.05) is 17.0 Å². The first-order valence-electron chi connectivity index (χ1n) is 8.11. The Morgan fingerprint density at radius 2 is 2.08 bits per heavy atom. The molecule has 1 N–H and O–H groups in total. The standard InChI is InChI=1S/C18H18ClN5O/c1-12(25)24-6-3-14(4-7-24)15-9-16(19)22-18(10-15)23-17-8-13(11-20)2-5-21-17/h2,5,8-10,14H,3-4,6-7H2,1H3,(H,21,22,23). The van der Waals surface area contributed by atoms with E-state index in [-0.39, 0.29) is 5.91 Å². The molecule has 1 aliphatic heterocycles. The Hall–Kier alpha value is -2.65. The Kier molecular flexibility index (Phi) is 5.15. The molecule has 128 valence electrons. The van der Waals surface area contributed by atoms with Gasteiger partial charge in [-0.3, -0.25) is 4.79 Å². The van der Waals surface area contributed by atoms with Crippen molar-refractivity contribution in [1.29, 1.82) is 5.26 Å². The van der Waals surface area contributed by atoms with Crippen LogP contribution in [-0.4, -0.2) is 33.9 Å². The number of anilines is 2. The molecule has 0 radical (unpaired) electrons. The van der Waals surface area contributed by atoms with Gasteiger partial charge in [0.1, 0.15) is 16.8 Å². The molecular weight excluding hydrogens is 338 g/mol. The van der Waals surface area contributed by atoms with Crippen LogP contribution < -0.4 is 5.32 Å². The van der Waals surface area contributed by atoms with Gasteiger partial charge >= 0.3 is 0 Å². The molecule has 1 fully saturated rings. The highest BCUT2D eigenvalue weighted by atomic mass is 35.5. The Balaban J connectivity index is 1.77. The van der Waals surface area contributed by atoms with Crippen molar-refractivity contribution >= 4 is 29.1 Å². The molecular formula is C18H18ClN5O. The number of piperidine rings is 1. The zero-order valence-electron chi connectivity index (χ0n) is 13.9. The first-order valence-corrected chi connectivity index (χ1v) is 8.49. The maximum Gasteiger partial charge on any atom is 0.219 e. The zero-order valence-corrected chi connectivity index (χ0v) is 14.6. The van der Waals surface area contributed by atoms with Gasteiger partial charge in [-0.2, -0.15) is 5.26 Å². The maximum absolute atomic E-state index is 11.5. The van der Waals surface area contributed by atoms with E-state index in [1.54, 1.807) is 25.3 Å². The number of carbonyl (C=O) groups excluding carboxylic acids is 1. The summed E-state index contributed by atoms with van der Waals surface area (Å²) in [6.07, 6.45) is 3.38. The number of halogens is 1. The molecule has 7 heteroatoms. The van der Waals surface area contributed by atoms with Crippen molar-refractivity contribution < 1.29 is 4.79 Å². The summed E-state index contributed by atoms with van der Waals surface area (Å²) >= 11 is 6.18. The van der Waals surface area contributed by atoms with Crippen molar-refractivity contribution in [2.45, 2.75) is 25.7 Å². The van der Waals surface area contributed by atoms with E-state index >= 15 is 0 Å². The van der Waals surface area contributed by atoms with Crippen molar-refractivity contribution in [3.05, 3.63) is 46.7 Å². The van der Waals surface area contributed by atoms with E-state index < -0.39 is 0 Å². The first-order chi connectivity index (χ1) is 12.0. The lowest BCUT2D eigenvalue weighted by molar-refractivity contribution is -0.129.